The molecule has 0 unspecified atom stereocenters. The summed E-state index contributed by atoms with van der Waals surface area (Å²) >= 11 is 0. The van der Waals surface area contributed by atoms with Crippen molar-refractivity contribution in [1.82, 2.24) is 0 Å². The van der Waals surface area contributed by atoms with Crippen molar-refractivity contribution in [2.24, 2.45) is 5.73 Å². The molecule has 4 rings (SSSR count). The predicted octanol–water partition coefficient (Wildman–Crippen LogP) is 3.79. The Morgan fingerprint density at radius 1 is 1.17 bits per heavy atom. The van der Waals surface area contributed by atoms with Crippen molar-refractivity contribution in [3.8, 4) is 11.5 Å². The number of nitrogens with two attached hydrogens (primary N) is 1. The lowest BCUT2D eigenvalue weighted by Crippen LogP contribution is -2.21. The average molecular weight is 408 g/mol. The molecule has 0 aliphatic heterocycles. The number of anilines is 1. The second-order valence-corrected chi connectivity index (χ2v) is 7.82. The Labute approximate surface area is 173 Å². The van der Waals surface area contributed by atoms with Crippen LogP contribution in [0, 0.1) is 0 Å². The summed E-state index contributed by atoms with van der Waals surface area (Å²) in [6.45, 7) is 3.72. The quantitative estimate of drug-likeness (QED) is 0.602. The molecule has 1 aromatic heterocycles. The van der Waals surface area contributed by atoms with Crippen molar-refractivity contribution in [3.63, 3.8) is 0 Å². The molecule has 156 valence electrons. The van der Waals surface area contributed by atoms with Crippen LogP contribution in [0.4, 0.5) is 5.69 Å². The van der Waals surface area contributed by atoms with Crippen LogP contribution >= 0.6 is 0 Å². The van der Waals surface area contributed by atoms with Crippen LogP contribution in [0.1, 0.15) is 42.6 Å². The molecule has 3 N–H and O–H groups in total. The van der Waals surface area contributed by atoms with Gasteiger partial charge >= 0.3 is 5.63 Å². The van der Waals surface area contributed by atoms with Crippen molar-refractivity contribution in [2.45, 2.75) is 38.3 Å². The molecule has 0 saturated heterocycles. The molecule has 0 spiro atoms. The smallest absolute Gasteiger partial charge is 0.349 e. The summed E-state index contributed by atoms with van der Waals surface area (Å²) in [7, 11) is 1.51. The lowest BCUT2D eigenvalue weighted by atomic mass is 10.1. The number of hydrogen-bond acceptors (Lipinski definition) is 6. The third-order valence-corrected chi connectivity index (χ3v) is 5.15. The van der Waals surface area contributed by atoms with Gasteiger partial charge in [0, 0.05) is 16.6 Å². The Kier molecular flexibility index (Phi) is 4.99. The minimum Gasteiger partial charge on any atom is -0.493 e. The Balaban J connectivity index is 1.64. The summed E-state index contributed by atoms with van der Waals surface area (Å²) < 4.78 is 16.5. The molecule has 1 saturated carbocycles. The highest BCUT2D eigenvalue weighted by Gasteiger charge is 2.39. The normalized spacial score (nSPS) is 14.6. The maximum absolute atomic E-state index is 12.7. The number of hydrogen-bond donors (Lipinski definition) is 2. The van der Waals surface area contributed by atoms with Gasteiger partial charge in [0.25, 0.3) is 5.91 Å². The molecule has 1 fully saturated rings. The second-order valence-electron chi connectivity index (χ2n) is 7.82. The van der Waals surface area contributed by atoms with Crippen LogP contribution in [0.2, 0.25) is 0 Å². The van der Waals surface area contributed by atoms with E-state index in [2.05, 4.69) is 5.32 Å². The van der Waals surface area contributed by atoms with Gasteiger partial charge in [0.05, 0.1) is 13.2 Å². The first-order chi connectivity index (χ1) is 14.3. The summed E-state index contributed by atoms with van der Waals surface area (Å²) in [5.74, 6) is 0.236. The van der Waals surface area contributed by atoms with E-state index in [1.807, 2.05) is 26.0 Å². The summed E-state index contributed by atoms with van der Waals surface area (Å²) in [6.07, 6.45) is 1.78. The third-order valence-electron chi connectivity index (χ3n) is 5.15. The molecule has 3 aromatic rings. The zero-order chi connectivity index (χ0) is 21.5. The van der Waals surface area contributed by atoms with E-state index in [1.165, 1.54) is 13.2 Å². The number of methoxy groups -OCH3 is 1. The van der Waals surface area contributed by atoms with E-state index in [9.17, 15) is 9.59 Å². The standard InChI is InChI=1S/C23H24N2O5/c1-13(2)29-20-18(28-3)9-4-14-12-17(22(27)30-19(14)20)21(26)25-16-7-5-15(6-8-16)23(24)10-11-23/h4-9,12-13H,10-11,24H2,1-3H3,(H,25,26). The van der Waals surface area contributed by atoms with E-state index < -0.39 is 11.5 Å². The lowest BCUT2D eigenvalue weighted by molar-refractivity contribution is 0.102. The highest BCUT2D eigenvalue weighted by atomic mass is 16.5. The van der Waals surface area contributed by atoms with E-state index >= 15 is 0 Å². The molecule has 0 radical (unpaired) electrons. The summed E-state index contributed by atoms with van der Waals surface area (Å²) in [4.78, 5) is 25.3. The number of fused-ring (bicyclic) bond motifs is 1. The first-order valence-electron chi connectivity index (χ1n) is 9.83. The molecule has 0 bridgehead atoms. The summed E-state index contributed by atoms with van der Waals surface area (Å²) in [6, 6.07) is 12.3. The molecule has 0 atom stereocenters. The second kappa shape index (κ2) is 7.50. The van der Waals surface area contributed by atoms with Gasteiger partial charge in [-0.1, -0.05) is 12.1 Å². The number of amides is 1. The predicted molar refractivity (Wildman–Crippen MR) is 114 cm³/mol. The maximum atomic E-state index is 12.7. The van der Waals surface area contributed by atoms with Gasteiger partial charge in [0.15, 0.2) is 11.3 Å². The minimum absolute atomic E-state index is 0.0928. The molecular weight excluding hydrogens is 384 g/mol. The highest BCUT2D eigenvalue weighted by molar-refractivity contribution is 6.05. The monoisotopic (exact) mass is 408 g/mol. The van der Waals surface area contributed by atoms with Crippen LogP contribution in [-0.4, -0.2) is 19.1 Å². The molecular formula is C23H24N2O5. The van der Waals surface area contributed by atoms with Crippen molar-refractivity contribution < 1.29 is 18.7 Å². The Morgan fingerprint density at radius 3 is 2.47 bits per heavy atom. The number of ether oxygens (including phenoxy) is 2. The molecule has 7 heteroatoms. The summed E-state index contributed by atoms with van der Waals surface area (Å²) in [5.41, 5.74) is 6.96. The minimum atomic E-state index is -0.752. The van der Waals surface area contributed by atoms with Gasteiger partial charge in [-0.05, 0) is 62.6 Å². The first kappa shape index (κ1) is 20.0. The van der Waals surface area contributed by atoms with Crippen LogP contribution < -0.4 is 26.1 Å². The van der Waals surface area contributed by atoms with E-state index in [4.69, 9.17) is 19.6 Å². The summed E-state index contributed by atoms with van der Waals surface area (Å²) in [5, 5.41) is 3.30. The topological polar surface area (TPSA) is 104 Å². The molecule has 1 heterocycles. The van der Waals surface area contributed by atoms with E-state index in [1.54, 1.807) is 24.3 Å². The van der Waals surface area contributed by atoms with Crippen LogP contribution in [0.15, 0.2) is 51.7 Å². The van der Waals surface area contributed by atoms with E-state index in [0.717, 1.165) is 18.4 Å². The fourth-order valence-electron chi connectivity index (χ4n) is 3.31. The zero-order valence-corrected chi connectivity index (χ0v) is 17.2. The fourth-order valence-corrected chi connectivity index (χ4v) is 3.31. The molecule has 1 amide bonds. The molecule has 30 heavy (non-hydrogen) atoms. The average Bonchev–Trinajstić information content (AvgIpc) is 3.46. The Morgan fingerprint density at radius 2 is 1.87 bits per heavy atom. The number of benzene rings is 2. The number of rotatable bonds is 6. The molecule has 1 aliphatic rings. The van der Waals surface area contributed by atoms with Crippen molar-refractivity contribution in [3.05, 3.63) is 64.0 Å². The Hall–Kier alpha value is -3.32. The van der Waals surface area contributed by atoms with Gasteiger partial charge in [0.2, 0.25) is 5.75 Å². The van der Waals surface area contributed by atoms with Gasteiger partial charge in [-0.25, -0.2) is 4.79 Å². The van der Waals surface area contributed by atoms with Gasteiger partial charge in [-0.15, -0.1) is 0 Å². The maximum Gasteiger partial charge on any atom is 0.349 e. The number of nitrogens with one attached hydrogen (secondary N) is 1. The van der Waals surface area contributed by atoms with Crippen molar-refractivity contribution in [1.29, 1.82) is 0 Å². The SMILES string of the molecule is COc1ccc2cc(C(=O)Nc3ccc(C4(N)CC4)cc3)c(=O)oc2c1OC(C)C. The molecule has 1 aliphatic carbocycles. The van der Waals surface area contributed by atoms with Crippen LogP contribution in [0.25, 0.3) is 11.0 Å². The molecule has 7 nitrogen and oxygen atoms in total. The lowest BCUT2D eigenvalue weighted by Gasteiger charge is -2.15. The van der Waals surface area contributed by atoms with Crippen LogP contribution in [-0.2, 0) is 5.54 Å². The van der Waals surface area contributed by atoms with Crippen LogP contribution in [0.5, 0.6) is 11.5 Å². The van der Waals surface area contributed by atoms with Crippen LogP contribution in [0.3, 0.4) is 0 Å². The first-order valence-corrected chi connectivity index (χ1v) is 9.83. The number of carbonyl (C=O) groups excluding carboxylic acids is 1. The fraction of sp³-hybridized carbons (Fsp3) is 0.304. The van der Waals surface area contributed by atoms with E-state index in [-0.39, 0.29) is 22.8 Å². The van der Waals surface area contributed by atoms with Gasteiger partial charge in [0.1, 0.15) is 5.56 Å². The zero-order valence-electron chi connectivity index (χ0n) is 17.2. The third kappa shape index (κ3) is 3.76. The van der Waals surface area contributed by atoms with E-state index in [0.29, 0.717) is 22.6 Å². The highest BCUT2D eigenvalue weighted by Crippen LogP contribution is 2.42. The number of carbonyl (C=O) groups is 1. The van der Waals surface area contributed by atoms with Gasteiger partial charge in [-0.3, -0.25) is 4.79 Å². The Bertz CT molecular complexity index is 1160. The van der Waals surface area contributed by atoms with Crippen molar-refractivity contribution >= 4 is 22.6 Å². The van der Waals surface area contributed by atoms with Gasteiger partial charge < -0.3 is 24.9 Å². The van der Waals surface area contributed by atoms with Crippen molar-refractivity contribution in [2.75, 3.05) is 12.4 Å². The largest absolute Gasteiger partial charge is 0.493 e. The molecule has 2 aromatic carbocycles. The van der Waals surface area contributed by atoms with Gasteiger partial charge in [-0.2, -0.15) is 0 Å².